The van der Waals surface area contributed by atoms with Crippen LogP contribution in [0.4, 0.5) is 5.82 Å². The van der Waals surface area contributed by atoms with Gasteiger partial charge in [0.1, 0.15) is 23.8 Å². The van der Waals surface area contributed by atoms with E-state index in [-0.39, 0.29) is 6.04 Å². The second-order valence-corrected chi connectivity index (χ2v) is 4.76. The average molecular weight is 284 g/mol. The third kappa shape index (κ3) is 2.60. The summed E-state index contributed by atoms with van der Waals surface area (Å²) >= 11 is 0. The highest BCUT2D eigenvalue weighted by atomic mass is 15.3. The number of aromatic nitrogens is 7. The molecule has 8 heteroatoms. The number of hydrogen-bond acceptors (Lipinski definition) is 6. The average Bonchev–Trinajstić information content (AvgIpc) is 3.14. The van der Waals surface area contributed by atoms with Crippen molar-refractivity contribution in [2.24, 2.45) is 0 Å². The highest BCUT2D eigenvalue weighted by molar-refractivity contribution is 5.52. The molecule has 0 fully saturated rings. The van der Waals surface area contributed by atoms with E-state index in [9.17, 15) is 0 Å². The van der Waals surface area contributed by atoms with Gasteiger partial charge in [-0.05, 0) is 26.8 Å². The normalized spacial score (nSPS) is 12.3. The van der Waals surface area contributed by atoms with Crippen LogP contribution >= 0.6 is 0 Å². The Kier molecular flexibility index (Phi) is 3.35. The summed E-state index contributed by atoms with van der Waals surface area (Å²) in [4.78, 5) is 13.1. The standard InChI is InChI=1S/C13H16N8/c1-8-11(17-9(2)12-14-7-15-20-12)18-10(3)19-13(8)21-6-4-5-16-21/h4-7,9H,1-3H3,(H,14,15,20)(H,17,18,19)/t9-/m1/s1. The second kappa shape index (κ2) is 5.31. The zero-order chi connectivity index (χ0) is 14.8. The van der Waals surface area contributed by atoms with E-state index in [1.54, 1.807) is 10.9 Å². The topological polar surface area (TPSA) is 97.2 Å². The molecule has 21 heavy (non-hydrogen) atoms. The van der Waals surface area contributed by atoms with Crippen molar-refractivity contribution in [2.45, 2.75) is 26.8 Å². The Balaban J connectivity index is 1.96. The SMILES string of the molecule is Cc1nc(N[C@H](C)c2ncn[nH]2)c(C)c(-n2cccn2)n1. The summed E-state index contributed by atoms with van der Waals surface area (Å²) in [6.07, 6.45) is 5.07. The van der Waals surface area contributed by atoms with Crippen molar-refractivity contribution in [1.82, 2.24) is 34.9 Å². The van der Waals surface area contributed by atoms with Crippen LogP contribution in [-0.2, 0) is 0 Å². The predicted octanol–water partition coefficient (Wildman–Crippen LogP) is 1.57. The maximum absolute atomic E-state index is 4.47. The van der Waals surface area contributed by atoms with Crippen LogP contribution in [0.3, 0.4) is 0 Å². The van der Waals surface area contributed by atoms with Crippen molar-refractivity contribution in [1.29, 1.82) is 0 Å². The fourth-order valence-corrected chi connectivity index (χ4v) is 2.07. The molecule has 0 bridgehead atoms. The molecule has 3 heterocycles. The summed E-state index contributed by atoms with van der Waals surface area (Å²) in [7, 11) is 0. The highest BCUT2D eigenvalue weighted by Gasteiger charge is 2.15. The van der Waals surface area contributed by atoms with E-state index in [1.807, 2.05) is 33.0 Å². The van der Waals surface area contributed by atoms with Crippen LogP contribution in [0.1, 0.15) is 30.2 Å². The Labute approximate surface area is 121 Å². The number of nitrogens with zero attached hydrogens (tertiary/aromatic N) is 6. The molecule has 3 rings (SSSR count). The van der Waals surface area contributed by atoms with Crippen LogP contribution in [-0.4, -0.2) is 34.9 Å². The van der Waals surface area contributed by atoms with Crippen LogP contribution in [0.15, 0.2) is 24.8 Å². The predicted molar refractivity (Wildman–Crippen MR) is 77.0 cm³/mol. The molecule has 0 aliphatic carbocycles. The minimum atomic E-state index is -0.0361. The molecule has 108 valence electrons. The van der Waals surface area contributed by atoms with Gasteiger partial charge in [0.15, 0.2) is 5.82 Å². The Morgan fingerprint density at radius 2 is 2.14 bits per heavy atom. The van der Waals surface area contributed by atoms with Crippen LogP contribution in [0.5, 0.6) is 0 Å². The first-order valence-corrected chi connectivity index (χ1v) is 6.62. The zero-order valence-electron chi connectivity index (χ0n) is 12.1. The Hall–Kier alpha value is -2.77. The largest absolute Gasteiger partial charge is 0.360 e. The molecule has 3 aromatic rings. The molecule has 0 saturated carbocycles. The molecule has 8 nitrogen and oxygen atoms in total. The van der Waals surface area contributed by atoms with Gasteiger partial charge >= 0.3 is 0 Å². The molecule has 2 N–H and O–H groups in total. The Bertz CT molecular complexity index is 717. The lowest BCUT2D eigenvalue weighted by Gasteiger charge is -2.16. The molecule has 1 atom stereocenters. The van der Waals surface area contributed by atoms with Crippen molar-refractivity contribution in [2.75, 3.05) is 5.32 Å². The van der Waals surface area contributed by atoms with Gasteiger partial charge in [-0.3, -0.25) is 5.10 Å². The number of nitrogens with one attached hydrogen (secondary N) is 2. The molecule has 0 radical (unpaired) electrons. The molecule has 0 aliphatic heterocycles. The van der Waals surface area contributed by atoms with E-state index < -0.39 is 0 Å². The van der Waals surface area contributed by atoms with E-state index in [2.05, 4.69) is 35.6 Å². The first kappa shape index (κ1) is 13.2. The molecular formula is C13H16N8. The lowest BCUT2D eigenvalue weighted by Crippen LogP contribution is -2.14. The summed E-state index contributed by atoms with van der Waals surface area (Å²) in [6, 6.07) is 1.83. The minimum absolute atomic E-state index is 0.0361. The lowest BCUT2D eigenvalue weighted by atomic mass is 10.2. The van der Waals surface area contributed by atoms with E-state index in [4.69, 9.17) is 0 Å². The summed E-state index contributed by atoms with van der Waals surface area (Å²) in [5.41, 5.74) is 0.927. The molecule has 0 spiro atoms. The van der Waals surface area contributed by atoms with E-state index in [0.29, 0.717) is 5.82 Å². The molecule has 0 aromatic carbocycles. The number of aryl methyl sites for hydroxylation is 1. The summed E-state index contributed by atoms with van der Waals surface area (Å²) in [6.45, 7) is 5.81. The number of aromatic amines is 1. The summed E-state index contributed by atoms with van der Waals surface area (Å²) in [5, 5.41) is 14.3. The maximum atomic E-state index is 4.47. The van der Waals surface area contributed by atoms with E-state index in [0.717, 1.165) is 23.0 Å². The van der Waals surface area contributed by atoms with Crippen LogP contribution < -0.4 is 5.32 Å². The van der Waals surface area contributed by atoms with E-state index in [1.165, 1.54) is 6.33 Å². The van der Waals surface area contributed by atoms with Gasteiger partial charge in [-0.15, -0.1) is 0 Å². The molecule has 3 aromatic heterocycles. The van der Waals surface area contributed by atoms with Gasteiger partial charge in [-0.1, -0.05) is 0 Å². The highest BCUT2D eigenvalue weighted by Crippen LogP contribution is 2.22. The van der Waals surface area contributed by atoms with Gasteiger partial charge in [-0.2, -0.15) is 10.2 Å². The van der Waals surface area contributed by atoms with Gasteiger partial charge in [0.05, 0.1) is 6.04 Å². The molecule has 0 saturated heterocycles. The van der Waals surface area contributed by atoms with Crippen molar-refractivity contribution >= 4 is 5.82 Å². The van der Waals surface area contributed by atoms with Crippen LogP contribution in [0, 0.1) is 13.8 Å². The molecule has 0 amide bonds. The molecule has 0 unspecified atom stereocenters. The van der Waals surface area contributed by atoms with Crippen molar-refractivity contribution in [3.63, 3.8) is 0 Å². The number of hydrogen-bond donors (Lipinski definition) is 2. The van der Waals surface area contributed by atoms with Gasteiger partial charge in [-0.25, -0.2) is 19.6 Å². The smallest absolute Gasteiger partial charge is 0.162 e. The monoisotopic (exact) mass is 284 g/mol. The fourth-order valence-electron chi connectivity index (χ4n) is 2.07. The molecule has 0 aliphatic rings. The van der Waals surface area contributed by atoms with E-state index >= 15 is 0 Å². The summed E-state index contributed by atoms with van der Waals surface area (Å²) < 4.78 is 1.73. The van der Waals surface area contributed by atoms with Gasteiger partial charge in [0.2, 0.25) is 0 Å². The Morgan fingerprint density at radius 3 is 2.81 bits per heavy atom. The van der Waals surface area contributed by atoms with Crippen LogP contribution in [0.2, 0.25) is 0 Å². The first-order chi connectivity index (χ1) is 10.1. The quantitative estimate of drug-likeness (QED) is 0.754. The third-order valence-corrected chi connectivity index (χ3v) is 3.15. The van der Waals surface area contributed by atoms with Gasteiger partial charge < -0.3 is 5.32 Å². The van der Waals surface area contributed by atoms with Crippen LogP contribution in [0.25, 0.3) is 5.82 Å². The number of anilines is 1. The number of rotatable bonds is 4. The maximum Gasteiger partial charge on any atom is 0.162 e. The number of H-pyrrole nitrogens is 1. The Morgan fingerprint density at radius 1 is 1.29 bits per heavy atom. The minimum Gasteiger partial charge on any atom is -0.360 e. The lowest BCUT2D eigenvalue weighted by molar-refractivity contribution is 0.775. The van der Waals surface area contributed by atoms with Gasteiger partial charge in [0.25, 0.3) is 0 Å². The summed E-state index contributed by atoms with van der Waals surface area (Å²) in [5.74, 6) is 2.96. The third-order valence-electron chi connectivity index (χ3n) is 3.15. The van der Waals surface area contributed by atoms with Crippen molar-refractivity contribution < 1.29 is 0 Å². The first-order valence-electron chi connectivity index (χ1n) is 6.62. The molecular weight excluding hydrogens is 268 g/mol. The van der Waals surface area contributed by atoms with Crippen molar-refractivity contribution in [3.8, 4) is 5.82 Å². The zero-order valence-corrected chi connectivity index (χ0v) is 12.1. The van der Waals surface area contributed by atoms with Crippen molar-refractivity contribution in [3.05, 3.63) is 42.0 Å². The van der Waals surface area contributed by atoms with Gasteiger partial charge in [0, 0.05) is 18.0 Å². The second-order valence-electron chi connectivity index (χ2n) is 4.76. The fraction of sp³-hybridized carbons (Fsp3) is 0.308.